The van der Waals surface area contributed by atoms with E-state index in [4.69, 9.17) is 5.73 Å². The Bertz CT molecular complexity index is 445. The number of anilines is 1. The Balaban J connectivity index is 2.03. The molecule has 1 aliphatic rings. The quantitative estimate of drug-likeness (QED) is 0.818. The first-order chi connectivity index (χ1) is 8.10. The number of carbonyl (C=O) groups is 2. The molecule has 2 amide bonds. The highest BCUT2D eigenvalue weighted by Gasteiger charge is 2.28. The molecule has 2 N–H and O–H groups in total. The molecule has 0 unspecified atom stereocenters. The Morgan fingerprint density at radius 1 is 1.35 bits per heavy atom. The minimum absolute atomic E-state index is 0.00964. The van der Waals surface area contributed by atoms with Gasteiger partial charge < -0.3 is 15.5 Å². The number of hydrogen-bond acceptors (Lipinski definition) is 5. The van der Waals surface area contributed by atoms with Gasteiger partial charge in [0.1, 0.15) is 6.54 Å². The maximum atomic E-state index is 11.8. The molecule has 1 fully saturated rings. The molecule has 0 aliphatic carbocycles. The van der Waals surface area contributed by atoms with Crippen LogP contribution in [0.5, 0.6) is 0 Å². The molecule has 0 spiro atoms. The van der Waals surface area contributed by atoms with Crippen LogP contribution in [0.15, 0.2) is 6.20 Å². The van der Waals surface area contributed by atoms with Gasteiger partial charge in [-0.15, -0.1) is 11.3 Å². The molecule has 0 atom stereocenters. The fourth-order valence-electron chi connectivity index (χ4n) is 1.72. The Hall–Kier alpha value is -1.63. The second kappa shape index (κ2) is 4.70. The maximum absolute atomic E-state index is 11.8. The normalized spacial score (nSPS) is 16.8. The van der Waals surface area contributed by atoms with Crippen molar-refractivity contribution in [1.29, 1.82) is 0 Å². The SMILES string of the molecule is CCN1CC(=O)N(Cc2cnc(N)s2)CC1=O. The molecule has 2 rings (SSSR count). The second-order valence-corrected chi connectivity index (χ2v) is 4.97. The lowest BCUT2D eigenvalue weighted by molar-refractivity contribution is -0.150. The van der Waals surface area contributed by atoms with Crippen LogP contribution in [0.3, 0.4) is 0 Å². The van der Waals surface area contributed by atoms with Crippen molar-refractivity contribution in [2.75, 3.05) is 25.4 Å². The van der Waals surface area contributed by atoms with Crippen LogP contribution in [0.2, 0.25) is 0 Å². The highest BCUT2D eigenvalue weighted by molar-refractivity contribution is 7.15. The Morgan fingerprint density at radius 2 is 2.00 bits per heavy atom. The van der Waals surface area contributed by atoms with Gasteiger partial charge in [-0.2, -0.15) is 0 Å². The standard InChI is InChI=1S/C10H14N4O2S/c1-2-13-5-9(16)14(6-8(13)15)4-7-3-12-10(11)17-7/h3H,2,4-6H2,1H3,(H2,11,12). The van der Waals surface area contributed by atoms with Crippen LogP contribution < -0.4 is 5.73 Å². The average Bonchev–Trinajstić information content (AvgIpc) is 2.69. The number of amides is 2. The molecular formula is C10H14N4O2S. The van der Waals surface area contributed by atoms with Gasteiger partial charge in [0.15, 0.2) is 5.13 Å². The monoisotopic (exact) mass is 254 g/mol. The third-order valence-corrected chi connectivity index (χ3v) is 3.47. The smallest absolute Gasteiger partial charge is 0.242 e. The van der Waals surface area contributed by atoms with Crippen molar-refractivity contribution in [2.24, 2.45) is 0 Å². The molecule has 2 heterocycles. The summed E-state index contributed by atoms with van der Waals surface area (Å²) in [7, 11) is 0. The van der Waals surface area contributed by atoms with Crippen molar-refractivity contribution < 1.29 is 9.59 Å². The molecule has 17 heavy (non-hydrogen) atoms. The minimum Gasteiger partial charge on any atom is -0.375 e. The molecule has 1 aromatic heterocycles. The van der Waals surface area contributed by atoms with Crippen molar-refractivity contribution in [3.8, 4) is 0 Å². The van der Waals surface area contributed by atoms with Crippen LogP contribution in [-0.2, 0) is 16.1 Å². The van der Waals surface area contributed by atoms with Crippen molar-refractivity contribution in [3.05, 3.63) is 11.1 Å². The van der Waals surface area contributed by atoms with Gasteiger partial charge in [0.05, 0.1) is 13.1 Å². The number of nitrogens with zero attached hydrogens (tertiary/aromatic N) is 3. The predicted octanol–water partition coefficient (Wildman–Crippen LogP) is -0.0840. The molecule has 6 nitrogen and oxygen atoms in total. The van der Waals surface area contributed by atoms with Gasteiger partial charge in [-0.3, -0.25) is 9.59 Å². The number of carbonyl (C=O) groups excluding carboxylic acids is 2. The molecule has 1 aliphatic heterocycles. The Morgan fingerprint density at radius 3 is 2.59 bits per heavy atom. The van der Waals surface area contributed by atoms with E-state index in [1.165, 1.54) is 11.3 Å². The molecule has 0 radical (unpaired) electrons. The summed E-state index contributed by atoms with van der Waals surface area (Å²) in [4.78, 5) is 31.4. The van der Waals surface area contributed by atoms with Crippen LogP contribution in [0.1, 0.15) is 11.8 Å². The first kappa shape index (κ1) is 11.8. The van der Waals surface area contributed by atoms with Crippen molar-refractivity contribution in [2.45, 2.75) is 13.5 Å². The van der Waals surface area contributed by atoms with Crippen LogP contribution >= 0.6 is 11.3 Å². The van der Waals surface area contributed by atoms with Gasteiger partial charge in [-0.25, -0.2) is 4.98 Å². The average molecular weight is 254 g/mol. The molecule has 0 aromatic carbocycles. The van der Waals surface area contributed by atoms with Gasteiger partial charge in [-0.1, -0.05) is 0 Å². The number of piperazine rings is 1. The first-order valence-corrected chi connectivity index (χ1v) is 6.17. The number of hydrogen-bond donors (Lipinski definition) is 1. The number of likely N-dealkylation sites (N-methyl/N-ethyl adjacent to an activating group) is 1. The lowest BCUT2D eigenvalue weighted by Gasteiger charge is -2.32. The van der Waals surface area contributed by atoms with E-state index in [-0.39, 0.29) is 24.9 Å². The van der Waals surface area contributed by atoms with E-state index >= 15 is 0 Å². The zero-order valence-electron chi connectivity index (χ0n) is 9.55. The third kappa shape index (κ3) is 2.55. The van der Waals surface area contributed by atoms with Gasteiger partial charge in [0.2, 0.25) is 11.8 Å². The van der Waals surface area contributed by atoms with Crippen LogP contribution in [0.4, 0.5) is 5.13 Å². The van der Waals surface area contributed by atoms with Crippen molar-refractivity contribution in [3.63, 3.8) is 0 Å². The van der Waals surface area contributed by atoms with E-state index in [9.17, 15) is 9.59 Å². The van der Waals surface area contributed by atoms with E-state index in [0.717, 1.165) is 4.88 Å². The molecule has 1 saturated heterocycles. The third-order valence-electron chi connectivity index (χ3n) is 2.66. The van der Waals surface area contributed by atoms with Crippen LogP contribution in [0.25, 0.3) is 0 Å². The van der Waals surface area contributed by atoms with Crippen molar-refractivity contribution >= 4 is 28.3 Å². The number of aromatic nitrogens is 1. The minimum atomic E-state index is -0.0292. The van der Waals surface area contributed by atoms with E-state index < -0.39 is 0 Å². The maximum Gasteiger partial charge on any atom is 0.242 e. The number of nitrogens with two attached hydrogens (primary N) is 1. The van der Waals surface area contributed by atoms with E-state index in [0.29, 0.717) is 18.2 Å². The topological polar surface area (TPSA) is 79.5 Å². The van der Waals surface area contributed by atoms with Gasteiger partial charge in [0, 0.05) is 17.6 Å². The zero-order valence-corrected chi connectivity index (χ0v) is 10.4. The van der Waals surface area contributed by atoms with Crippen LogP contribution in [0, 0.1) is 0 Å². The fraction of sp³-hybridized carbons (Fsp3) is 0.500. The van der Waals surface area contributed by atoms with E-state index in [1.54, 1.807) is 16.0 Å². The number of nitrogen functional groups attached to an aromatic ring is 1. The summed E-state index contributed by atoms with van der Waals surface area (Å²) < 4.78 is 0. The summed E-state index contributed by atoms with van der Waals surface area (Å²) in [5, 5.41) is 0.478. The molecular weight excluding hydrogens is 240 g/mol. The lowest BCUT2D eigenvalue weighted by Crippen LogP contribution is -2.53. The van der Waals surface area contributed by atoms with Crippen molar-refractivity contribution in [1.82, 2.24) is 14.8 Å². The summed E-state index contributed by atoms with van der Waals surface area (Å²) in [6.07, 6.45) is 1.64. The van der Waals surface area contributed by atoms with Gasteiger partial charge in [-0.05, 0) is 6.92 Å². The first-order valence-electron chi connectivity index (χ1n) is 5.36. The Labute approximate surface area is 103 Å². The molecule has 0 saturated carbocycles. The summed E-state index contributed by atoms with van der Waals surface area (Å²) >= 11 is 1.34. The fourth-order valence-corrected chi connectivity index (χ4v) is 2.42. The molecule has 92 valence electrons. The summed E-state index contributed by atoms with van der Waals surface area (Å²) in [5.41, 5.74) is 5.52. The molecule has 0 bridgehead atoms. The predicted molar refractivity (Wildman–Crippen MR) is 64.2 cm³/mol. The Kier molecular flexibility index (Phi) is 3.28. The highest BCUT2D eigenvalue weighted by Crippen LogP contribution is 2.18. The van der Waals surface area contributed by atoms with E-state index in [1.807, 2.05) is 6.92 Å². The number of rotatable bonds is 3. The summed E-state index contributed by atoms with van der Waals surface area (Å²) in [5.74, 6) is -0.0389. The number of thiazole rings is 1. The highest BCUT2D eigenvalue weighted by atomic mass is 32.1. The zero-order chi connectivity index (χ0) is 12.4. The van der Waals surface area contributed by atoms with Gasteiger partial charge >= 0.3 is 0 Å². The lowest BCUT2D eigenvalue weighted by atomic mass is 10.3. The molecule has 7 heteroatoms. The molecule has 1 aromatic rings. The van der Waals surface area contributed by atoms with E-state index in [2.05, 4.69) is 4.98 Å². The second-order valence-electron chi connectivity index (χ2n) is 3.82. The van der Waals surface area contributed by atoms with Crippen LogP contribution in [-0.4, -0.2) is 46.2 Å². The van der Waals surface area contributed by atoms with Gasteiger partial charge in [0.25, 0.3) is 0 Å². The largest absolute Gasteiger partial charge is 0.375 e. The summed E-state index contributed by atoms with van der Waals surface area (Å²) in [6, 6.07) is 0. The summed E-state index contributed by atoms with van der Waals surface area (Å²) in [6.45, 7) is 3.17.